The molecule has 0 fully saturated rings. The third-order valence-corrected chi connectivity index (χ3v) is 4.66. The third-order valence-electron chi connectivity index (χ3n) is 4.66. The van der Waals surface area contributed by atoms with Crippen LogP contribution in [-0.4, -0.2) is 33.9 Å². The first-order valence-corrected chi connectivity index (χ1v) is 10.2. The highest BCUT2D eigenvalue weighted by molar-refractivity contribution is 5.85. The summed E-state index contributed by atoms with van der Waals surface area (Å²) in [4.78, 5) is 0. The van der Waals surface area contributed by atoms with Gasteiger partial charge in [0.05, 0.1) is 12.8 Å². The summed E-state index contributed by atoms with van der Waals surface area (Å²) in [6.45, 7) is 4.06. The second-order valence-electron chi connectivity index (χ2n) is 6.89. The van der Waals surface area contributed by atoms with Gasteiger partial charge in [-0.2, -0.15) is 4.68 Å². The second kappa shape index (κ2) is 12.8. The van der Waals surface area contributed by atoms with Crippen molar-refractivity contribution < 1.29 is 9.47 Å². The highest BCUT2D eigenvalue weighted by atomic mass is 35.5. The van der Waals surface area contributed by atoms with Crippen LogP contribution < -0.4 is 14.8 Å². The zero-order chi connectivity index (χ0) is 20.3. The van der Waals surface area contributed by atoms with E-state index in [4.69, 9.17) is 9.47 Å². The number of halogens is 1. The van der Waals surface area contributed by atoms with E-state index in [-0.39, 0.29) is 18.4 Å². The summed E-state index contributed by atoms with van der Waals surface area (Å²) in [6.07, 6.45) is 6.42. The van der Waals surface area contributed by atoms with Crippen molar-refractivity contribution in [1.82, 2.24) is 25.5 Å². The first-order chi connectivity index (χ1) is 14.3. The molecule has 0 saturated carbocycles. The predicted molar refractivity (Wildman–Crippen MR) is 120 cm³/mol. The molecule has 162 valence electrons. The zero-order valence-electron chi connectivity index (χ0n) is 17.6. The summed E-state index contributed by atoms with van der Waals surface area (Å²) in [7, 11) is 1.63. The number of nitrogens with zero attached hydrogens (tertiary/aromatic N) is 4. The second-order valence-corrected chi connectivity index (χ2v) is 6.89. The van der Waals surface area contributed by atoms with Crippen LogP contribution in [0, 0.1) is 0 Å². The molecule has 0 aliphatic carbocycles. The molecule has 3 rings (SSSR count). The maximum Gasteiger partial charge on any atom is 0.346 e. The Morgan fingerprint density at radius 2 is 1.77 bits per heavy atom. The first kappa shape index (κ1) is 23.6. The number of ether oxygens (including phenoxy) is 2. The lowest BCUT2D eigenvalue weighted by molar-refractivity contribution is 0.362. The van der Waals surface area contributed by atoms with Gasteiger partial charge in [0.15, 0.2) is 11.5 Å². The number of rotatable bonds is 12. The monoisotopic (exact) mass is 431 g/mol. The van der Waals surface area contributed by atoms with Gasteiger partial charge in [0, 0.05) is 6.54 Å². The molecule has 1 aromatic heterocycles. The van der Waals surface area contributed by atoms with Crippen molar-refractivity contribution in [1.29, 1.82) is 0 Å². The topological polar surface area (TPSA) is 74.1 Å². The number of nitrogens with one attached hydrogen (secondary N) is 1. The van der Waals surface area contributed by atoms with Gasteiger partial charge < -0.3 is 14.8 Å². The lowest BCUT2D eigenvalue weighted by Gasteiger charge is -2.12. The lowest BCUT2D eigenvalue weighted by Crippen LogP contribution is -2.14. The molecule has 0 atom stereocenters. The Balaban J connectivity index is 0.00000320. The number of para-hydroxylation sites is 1. The Morgan fingerprint density at radius 3 is 2.53 bits per heavy atom. The smallest absolute Gasteiger partial charge is 0.346 e. The average molecular weight is 432 g/mol. The third kappa shape index (κ3) is 6.71. The van der Waals surface area contributed by atoms with Crippen molar-refractivity contribution in [2.24, 2.45) is 0 Å². The fraction of sp³-hybridized carbons (Fsp3) is 0.409. The van der Waals surface area contributed by atoms with Crippen LogP contribution in [0.25, 0.3) is 5.69 Å². The minimum Gasteiger partial charge on any atom is -0.493 e. The molecule has 8 heteroatoms. The van der Waals surface area contributed by atoms with Crippen molar-refractivity contribution in [3.63, 3.8) is 0 Å². The van der Waals surface area contributed by atoms with Gasteiger partial charge in [-0.05, 0) is 53.2 Å². The predicted octanol–water partition coefficient (Wildman–Crippen LogP) is 4.95. The minimum absolute atomic E-state index is 0. The summed E-state index contributed by atoms with van der Waals surface area (Å²) < 4.78 is 13.0. The molecule has 0 bridgehead atoms. The van der Waals surface area contributed by atoms with Crippen LogP contribution in [0.4, 0.5) is 0 Å². The lowest BCUT2D eigenvalue weighted by atomic mass is 10.1. The molecule has 0 amide bonds. The Hall–Kier alpha value is -2.64. The zero-order valence-corrected chi connectivity index (χ0v) is 18.4. The molecule has 0 saturated heterocycles. The number of unbranched alkanes of at least 4 members (excludes halogenated alkanes) is 4. The van der Waals surface area contributed by atoms with E-state index < -0.39 is 0 Å². The summed E-state index contributed by atoms with van der Waals surface area (Å²) in [5.74, 6) is 1.22. The van der Waals surface area contributed by atoms with Crippen LogP contribution in [0.2, 0.25) is 0 Å². The first-order valence-electron chi connectivity index (χ1n) is 10.2. The number of hydrogen-bond acceptors (Lipinski definition) is 6. The molecular formula is C22H30ClN5O2. The summed E-state index contributed by atoms with van der Waals surface area (Å²) in [5.41, 5.74) is 1.97. The molecule has 7 nitrogen and oxygen atoms in total. The van der Waals surface area contributed by atoms with Crippen LogP contribution in [0.5, 0.6) is 17.5 Å². The van der Waals surface area contributed by atoms with Crippen LogP contribution in [-0.2, 0) is 6.54 Å². The number of methoxy groups -OCH3 is 1. The van der Waals surface area contributed by atoms with Gasteiger partial charge in [0.1, 0.15) is 0 Å². The Kier molecular flexibility index (Phi) is 10.1. The van der Waals surface area contributed by atoms with Gasteiger partial charge >= 0.3 is 6.01 Å². The maximum absolute atomic E-state index is 5.94. The summed E-state index contributed by atoms with van der Waals surface area (Å²) >= 11 is 0. The molecule has 0 aliphatic heterocycles. The van der Waals surface area contributed by atoms with Crippen LogP contribution in [0.15, 0.2) is 48.5 Å². The van der Waals surface area contributed by atoms with Crippen LogP contribution >= 0.6 is 12.4 Å². The molecule has 2 aromatic carbocycles. The van der Waals surface area contributed by atoms with E-state index in [1.807, 2.05) is 48.5 Å². The van der Waals surface area contributed by atoms with E-state index in [2.05, 4.69) is 27.8 Å². The van der Waals surface area contributed by atoms with Gasteiger partial charge in [0.2, 0.25) is 0 Å². The molecule has 0 radical (unpaired) electrons. The van der Waals surface area contributed by atoms with Gasteiger partial charge in [-0.3, -0.25) is 0 Å². The summed E-state index contributed by atoms with van der Waals surface area (Å²) in [5, 5.41) is 15.2. The Bertz CT molecular complexity index is 873. The van der Waals surface area contributed by atoms with E-state index in [0.29, 0.717) is 11.5 Å². The minimum atomic E-state index is 0. The van der Waals surface area contributed by atoms with Crippen LogP contribution in [0.3, 0.4) is 0 Å². The Morgan fingerprint density at radius 1 is 0.967 bits per heavy atom. The number of benzene rings is 2. The number of hydrogen-bond donors (Lipinski definition) is 1. The number of aromatic nitrogens is 4. The molecule has 3 aromatic rings. The molecule has 1 heterocycles. The molecule has 0 aliphatic rings. The normalized spacial score (nSPS) is 10.5. The van der Waals surface area contributed by atoms with Gasteiger partial charge in [0.25, 0.3) is 0 Å². The van der Waals surface area contributed by atoms with Crippen molar-refractivity contribution >= 4 is 12.4 Å². The number of tetrazole rings is 1. The molecular weight excluding hydrogens is 402 g/mol. The van der Waals surface area contributed by atoms with Gasteiger partial charge in [-0.1, -0.05) is 62.0 Å². The van der Waals surface area contributed by atoms with E-state index in [0.717, 1.165) is 24.3 Å². The standard InChI is InChI=1S/C22H29N5O2.ClH/c1-3-4-5-6-10-15-23-17-18-13-14-20(21(16-18)28-2)29-22-24-25-26-27(22)19-11-8-7-9-12-19;/h7-9,11-14,16,23H,3-6,10,15,17H2,1-2H3;1H. The highest BCUT2D eigenvalue weighted by Crippen LogP contribution is 2.32. The van der Waals surface area contributed by atoms with Crippen molar-refractivity contribution in [2.75, 3.05) is 13.7 Å². The quantitative estimate of drug-likeness (QED) is 0.409. The van der Waals surface area contributed by atoms with E-state index in [1.165, 1.54) is 32.1 Å². The van der Waals surface area contributed by atoms with Crippen LogP contribution in [0.1, 0.15) is 44.6 Å². The van der Waals surface area contributed by atoms with Crippen molar-refractivity contribution in [3.8, 4) is 23.2 Å². The molecule has 0 spiro atoms. The van der Waals surface area contributed by atoms with E-state index in [9.17, 15) is 0 Å². The maximum atomic E-state index is 5.94. The molecule has 0 unspecified atom stereocenters. The van der Waals surface area contributed by atoms with Crippen molar-refractivity contribution in [2.45, 2.75) is 45.6 Å². The van der Waals surface area contributed by atoms with Gasteiger partial charge in [-0.25, -0.2) is 0 Å². The summed E-state index contributed by atoms with van der Waals surface area (Å²) in [6, 6.07) is 15.8. The molecule has 1 N–H and O–H groups in total. The largest absolute Gasteiger partial charge is 0.493 e. The Labute approximate surface area is 184 Å². The van der Waals surface area contributed by atoms with Gasteiger partial charge in [-0.15, -0.1) is 12.4 Å². The fourth-order valence-electron chi connectivity index (χ4n) is 3.06. The van der Waals surface area contributed by atoms with Crippen molar-refractivity contribution in [3.05, 3.63) is 54.1 Å². The molecule has 30 heavy (non-hydrogen) atoms. The average Bonchev–Trinajstić information content (AvgIpc) is 3.22. The highest BCUT2D eigenvalue weighted by Gasteiger charge is 2.14. The van der Waals surface area contributed by atoms with E-state index in [1.54, 1.807) is 11.8 Å². The SMILES string of the molecule is CCCCCCCNCc1ccc(Oc2nnnn2-c2ccccc2)c(OC)c1.Cl. The fourth-order valence-corrected chi connectivity index (χ4v) is 3.06. The van der Waals surface area contributed by atoms with E-state index >= 15 is 0 Å².